The molecule has 5 heteroatoms. The van der Waals surface area contributed by atoms with Gasteiger partial charge in [0.2, 0.25) is 5.95 Å². The van der Waals surface area contributed by atoms with Gasteiger partial charge in [0.25, 0.3) is 0 Å². The van der Waals surface area contributed by atoms with Crippen LogP contribution < -0.4 is 5.32 Å². The topological polar surface area (TPSA) is 50.7 Å². The maximum absolute atomic E-state index is 4.48. The monoisotopic (exact) mass is 358 g/mol. The molecule has 1 atom stereocenters. The van der Waals surface area contributed by atoms with Crippen LogP contribution >= 0.6 is 0 Å². The third-order valence-corrected chi connectivity index (χ3v) is 3.11. The summed E-state index contributed by atoms with van der Waals surface area (Å²) < 4.78 is 0. The Morgan fingerprint density at radius 3 is 2.33 bits per heavy atom. The van der Waals surface area contributed by atoms with Crippen molar-refractivity contribution in [3.8, 4) is 0 Å². The fraction of sp³-hybridized carbons (Fsp3) is 0.375. The number of benzene rings is 1. The minimum absolute atomic E-state index is 0. The van der Waals surface area contributed by atoms with Crippen LogP contribution in [0.4, 0.5) is 5.95 Å². The van der Waals surface area contributed by atoms with E-state index in [4.69, 9.17) is 0 Å². The van der Waals surface area contributed by atoms with E-state index in [-0.39, 0.29) is 38.8 Å². The number of nitrogens with zero attached hydrogens (tertiary/aromatic N) is 3. The number of aromatic nitrogens is 3. The molecule has 1 N–H and O–H groups in total. The Hall–Kier alpha value is -0.996. The molecule has 0 aliphatic rings. The first kappa shape index (κ1) is 18.1. The van der Waals surface area contributed by atoms with Gasteiger partial charge in [-0.05, 0) is 18.9 Å². The predicted octanol–water partition coefficient (Wildman–Crippen LogP) is 3.70. The zero-order chi connectivity index (χ0) is 14.5. The van der Waals surface area contributed by atoms with Gasteiger partial charge in [-0.2, -0.15) is 18.8 Å². The normalized spacial score (nSPS) is 11.4. The van der Waals surface area contributed by atoms with Crippen molar-refractivity contribution < 1.29 is 32.7 Å². The van der Waals surface area contributed by atoms with E-state index in [0.717, 1.165) is 24.0 Å². The largest absolute Gasteiger partial charge is 3.00 e. The van der Waals surface area contributed by atoms with E-state index in [1.807, 2.05) is 39.0 Å². The molecule has 106 valence electrons. The van der Waals surface area contributed by atoms with Crippen LogP contribution in [0.3, 0.4) is 0 Å². The third-order valence-electron chi connectivity index (χ3n) is 3.11. The second kappa shape index (κ2) is 8.45. The Morgan fingerprint density at radius 2 is 1.76 bits per heavy atom. The smallest absolute Gasteiger partial charge is 0.347 e. The van der Waals surface area contributed by atoms with Crippen molar-refractivity contribution in [1.82, 2.24) is 15.0 Å². The van der Waals surface area contributed by atoms with Crippen LogP contribution in [0.15, 0.2) is 30.3 Å². The first-order valence-electron chi connectivity index (χ1n) is 6.95. The number of hydrogen-bond donors (Lipinski definition) is 1. The van der Waals surface area contributed by atoms with Crippen molar-refractivity contribution in [3.05, 3.63) is 53.5 Å². The van der Waals surface area contributed by atoms with Crippen molar-refractivity contribution >= 4 is 5.95 Å². The van der Waals surface area contributed by atoms with Gasteiger partial charge in [0.1, 0.15) is 5.82 Å². The minimum Gasteiger partial charge on any atom is -0.347 e. The van der Waals surface area contributed by atoms with Crippen LogP contribution in [0.1, 0.15) is 50.4 Å². The number of hydrogen-bond acceptors (Lipinski definition) is 4. The Labute approximate surface area is 152 Å². The number of rotatable bonds is 5. The van der Waals surface area contributed by atoms with Crippen molar-refractivity contribution in [2.75, 3.05) is 5.32 Å². The van der Waals surface area contributed by atoms with Gasteiger partial charge in [-0.3, -0.25) is 4.98 Å². The molecule has 1 heterocycles. The molecule has 0 amide bonds. The molecule has 0 radical (unpaired) electrons. The van der Waals surface area contributed by atoms with Crippen LogP contribution in [0.2, 0.25) is 0 Å². The molecule has 0 spiro atoms. The minimum atomic E-state index is 0. The molecule has 1 aromatic heterocycles. The maximum atomic E-state index is 4.48. The van der Waals surface area contributed by atoms with Gasteiger partial charge in [-0.1, -0.05) is 37.3 Å². The summed E-state index contributed by atoms with van der Waals surface area (Å²) in [5.41, 5.74) is 1.24. The molecule has 0 saturated heterocycles. The van der Waals surface area contributed by atoms with Crippen molar-refractivity contribution in [2.24, 2.45) is 0 Å². The van der Waals surface area contributed by atoms with Gasteiger partial charge in [0, 0.05) is 5.82 Å². The third kappa shape index (κ3) is 5.04. The Balaban J connectivity index is 0.00000220. The quantitative estimate of drug-likeness (QED) is 0.828. The first-order chi connectivity index (χ1) is 9.60. The summed E-state index contributed by atoms with van der Waals surface area (Å²) >= 11 is 0. The molecule has 1 unspecified atom stereocenters. The number of nitrogens with one attached hydrogen (secondary N) is 1. The van der Waals surface area contributed by atoms with Crippen LogP contribution in [-0.2, 0) is 32.7 Å². The maximum Gasteiger partial charge on any atom is 3.00 e. The van der Waals surface area contributed by atoms with E-state index in [0.29, 0.717) is 5.95 Å². The summed E-state index contributed by atoms with van der Waals surface area (Å²) in [4.78, 5) is 13.2. The summed E-state index contributed by atoms with van der Waals surface area (Å²) in [7, 11) is 0. The van der Waals surface area contributed by atoms with Crippen molar-refractivity contribution in [2.45, 2.75) is 40.2 Å². The molecule has 21 heavy (non-hydrogen) atoms. The summed E-state index contributed by atoms with van der Waals surface area (Å²) in [6, 6.07) is 10.6. The van der Waals surface area contributed by atoms with Crippen LogP contribution in [0, 0.1) is 12.8 Å². The van der Waals surface area contributed by atoms with Gasteiger partial charge >= 0.3 is 32.7 Å². The number of anilines is 1. The van der Waals surface area contributed by atoms with Crippen molar-refractivity contribution in [1.29, 1.82) is 0 Å². The van der Waals surface area contributed by atoms with Crippen molar-refractivity contribution in [3.63, 3.8) is 0 Å². The average molecular weight is 358 g/mol. The SMILES string of the molecule is CCC(Nc1nc(C)nc([C-](C)C)n1)c1ccccc1.[Y+3]. The fourth-order valence-corrected chi connectivity index (χ4v) is 2.03. The Bertz CT molecular complexity index is 557. The molecule has 0 bridgehead atoms. The molecule has 2 rings (SSSR count). The molecule has 1 aromatic carbocycles. The summed E-state index contributed by atoms with van der Waals surface area (Å²) in [6.07, 6.45) is 0.971. The van der Waals surface area contributed by atoms with E-state index >= 15 is 0 Å². The Morgan fingerprint density at radius 1 is 1.10 bits per heavy atom. The molecule has 0 aliphatic carbocycles. The molecule has 0 fully saturated rings. The molecule has 0 saturated carbocycles. The van der Waals surface area contributed by atoms with Gasteiger partial charge in [0.15, 0.2) is 0 Å². The average Bonchev–Trinajstić information content (AvgIpc) is 2.45. The van der Waals surface area contributed by atoms with Gasteiger partial charge in [-0.25, -0.2) is 4.98 Å². The van der Waals surface area contributed by atoms with Crippen LogP contribution in [-0.4, -0.2) is 15.0 Å². The Kier molecular flexibility index (Phi) is 7.26. The van der Waals surface area contributed by atoms with Crippen LogP contribution in [0.25, 0.3) is 0 Å². The van der Waals surface area contributed by atoms with E-state index < -0.39 is 0 Å². The molecule has 2 aromatic rings. The number of aryl methyl sites for hydroxylation is 1. The second-order valence-electron chi connectivity index (χ2n) is 5.05. The van der Waals surface area contributed by atoms with E-state index in [2.05, 4.69) is 39.3 Å². The fourth-order valence-electron chi connectivity index (χ4n) is 2.03. The molecular weight excluding hydrogens is 337 g/mol. The summed E-state index contributed by atoms with van der Waals surface area (Å²) in [6.45, 7) is 8.06. The van der Waals surface area contributed by atoms with E-state index in [1.54, 1.807) is 0 Å². The summed E-state index contributed by atoms with van der Waals surface area (Å²) in [5, 5.41) is 3.41. The molecular formula is C16H21N4Y+2. The molecule has 4 nitrogen and oxygen atoms in total. The van der Waals surface area contributed by atoms with Gasteiger partial charge in [-0.15, -0.1) is 0 Å². The summed E-state index contributed by atoms with van der Waals surface area (Å²) in [5.74, 6) is 3.22. The zero-order valence-electron chi connectivity index (χ0n) is 13.1. The van der Waals surface area contributed by atoms with Crippen LogP contribution in [0.5, 0.6) is 0 Å². The van der Waals surface area contributed by atoms with Gasteiger partial charge < -0.3 is 11.2 Å². The van der Waals surface area contributed by atoms with E-state index in [1.165, 1.54) is 5.56 Å². The first-order valence-corrected chi connectivity index (χ1v) is 6.95. The van der Waals surface area contributed by atoms with Gasteiger partial charge in [0.05, 0.1) is 6.04 Å². The molecule has 0 aliphatic heterocycles. The standard InChI is InChI=1S/C16H21N4.Y/c1-5-14(13-9-7-6-8-10-13)19-16-18-12(4)17-15(20-16)11(2)3;/h6-10,14H,5H2,1-4H3,(H,17,18,19,20);/q-1;+3. The second-order valence-corrected chi connectivity index (χ2v) is 5.05. The predicted molar refractivity (Wildman–Crippen MR) is 81.4 cm³/mol. The van der Waals surface area contributed by atoms with E-state index in [9.17, 15) is 0 Å². The zero-order valence-corrected chi connectivity index (χ0v) is 15.9.